The van der Waals surface area contributed by atoms with E-state index >= 15 is 0 Å². The van der Waals surface area contributed by atoms with E-state index in [1.165, 1.54) is 0 Å². The number of aromatic nitrogens is 4. The van der Waals surface area contributed by atoms with Gasteiger partial charge in [-0.05, 0) is 36.6 Å². The molecule has 3 aromatic rings. The molecular weight excluding hydrogens is 326 g/mol. The van der Waals surface area contributed by atoms with E-state index in [9.17, 15) is 4.79 Å². The number of hydrogen-bond acceptors (Lipinski definition) is 4. The Balaban J connectivity index is 1.93. The Morgan fingerprint density at radius 1 is 1.33 bits per heavy atom. The monoisotopic (exact) mass is 341 g/mol. The lowest BCUT2D eigenvalue weighted by Gasteiger charge is -2.10. The van der Waals surface area contributed by atoms with Gasteiger partial charge in [-0.1, -0.05) is 24.6 Å². The second kappa shape index (κ2) is 5.56. The minimum atomic E-state index is -0.498. The highest BCUT2D eigenvalue weighted by atomic mass is 35.5. The summed E-state index contributed by atoms with van der Waals surface area (Å²) in [6, 6.07) is 5.91. The van der Waals surface area contributed by atoms with Crippen molar-refractivity contribution in [2.24, 2.45) is 0 Å². The molecule has 1 aliphatic heterocycles. The molecule has 1 aliphatic rings. The van der Waals surface area contributed by atoms with Crippen LogP contribution in [0.15, 0.2) is 24.4 Å². The molecule has 1 N–H and O–H groups in total. The number of rotatable bonds is 3. The van der Waals surface area contributed by atoms with Gasteiger partial charge in [-0.15, -0.1) is 0 Å². The number of halogens is 1. The molecule has 6 nitrogen and oxygen atoms in total. The molecule has 0 saturated heterocycles. The van der Waals surface area contributed by atoms with E-state index in [1.807, 2.05) is 36.0 Å². The fourth-order valence-corrected chi connectivity index (χ4v) is 3.33. The zero-order valence-electron chi connectivity index (χ0n) is 13.4. The van der Waals surface area contributed by atoms with Crippen LogP contribution in [0.2, 0.25) is 5.28 Å². The van der Waals surface area contributed by atoms with Crippen LogP contribution < -0.4 is 5.32 Å². The van der Waals surface area contributed by atoms with Crippen LogP contribution in [0.4, 0.5) is 5.69 Å². The number of nitrogens with one attached hydrogen (secondary N) is 1. The molecule has 0 spiro atoms. The van der Waals surface area contributed by atoms with Crippen LogP contribution in [-0.4, -0.2) is 25.7 Å². The van der Waals surface area contributed by atoms with Crippen LogP contribution >= 0.6 is 11.6 Å². The topological polar surface area (TPSA) is 72.7 Å². The number of nitrogens with zero attached hydrogens (tertiary/aromatic N) is 4. The van der Waals surface area contributed by atoms with E-state index in [1.54, 1.807) is 0 Å². The van der Waals surface area contributed by atoms with Gasteiger partial charge in [0.2, 0.25) is 11.2 Å². The Hall–Kier alpha value is -2.47. The average Bonchev–Trinajstić information content (AvgIpc) is 3.06. The Kier molecular flexibility index (Phi) is 3.49. The van der Waals surface area contributed by atoms with Gasteiger partial charge in [0.1, 0.15) is 5.92 Å². The maximum Gasteiger partial charge on any atom is 0.238 e. The van der Waals surface area contributed by atoms with Gasteiger partial charge < -0.3 is 5.32 Å². The summed E-state index contributed by atoms with van der Waals surface area (Å²) in [5.74, 6) is -0.600. The van der Waals surface area contributed by atoms with Crippen LogP contribution in [0, 0.1) is 6.92 Å². The number of anilines is 1. The predicted molar refractivity (Wildman–Crippen MR) is 92.3 cm³/mol. The summed E-state index contributed by atoms with van der Waals surface area (Å²) in [6.45, 7) is 4.86. The first kappa shape index (κ1) is 15.1. The second-order valence-electron chi connectivity index (χ2n) is 6.02. The van der Waals surface area contributed by atoms with E-state index in [2.05, 4.69) is 27.3 Å². The van der Waals surface area contributed by atoms with Crippen molar-refractivity contribution >= 4 is 34.2 Å². The summed E-state index contributed by atoms with van der Waals surface area (Å²) in [5.41, 5.74) is 3.95. The molecule has 2 aromatic heterocycles. The minimum Gasteiger partial charge on any atom is -0.325 e. The smallest absolute Gasteiger partial charge is 0.238 e. The largest absolute Gasteiger partial charge is 0.325 e. The summed E-state index contributed by atoms with van der Waals surface area (Å²) in [5, 5.41) is 8.23. The molecule has 0 saturated carbocycles. The van der Waals surface area contributed by atoms with Crippen molar-refractivity contribution in [3.8, 4) is 0 Å². The molecule has 1 amide bonds. The Morgan fingerprint density at radius 2 is 2.17 bits per heavy atom. The first-order chi connectivity index (χ1) is 11.6. The Labute approximate surface area is 143 Å². The van der Waals surface area contributed by atoms with E-state index in [4.69, 9.17) is 11.6 Å². The van der Waals surface area contributed by atoms with Gasteiger partial charge in [0.25, 0.3) is 0 Å². The average molecular weight is 342 g/mol. The highest BCUT2D eigenvalue weighted by Crippen LogP contribution is 2.39. The van der Waals surface area contributed by atoms with Crippen LogP contribution in [0.25, 0.3) is 11.0 Å². The molecular formula is C17H16ClN5O. The number of benzene rings is 1. The summed E-state index contributed by atoms with van der Waals surface area (Å²) >= 11 is 6.09. The van der Waals surface area contributed by atoms with E-state index in [0.29, 0.717) is 11.3 Å². The van der Waals surface area contributed by atoms with Crippen molar-refractivity contribution in [1.29, 1.82) is 0 Å². The summed E-state index contributed by atoms with van der Waals surface area (Å²) < 4.78 is 1.82. The van der Waals surface area contributed by atoms with Crippen LogP contribution in [0.5, 0.6) is 0 Å². The molecule has 0 radical (unpaired) electrons. The lowest BCUT2D eigenvalue weighted by Crippen LogP contribution is -2.15. The maximum atomic E-state index is 12.6. The van der Waals surface area contributed by atoms with Gasteiger partial charge in [0.15, 0.2) is 5.65 Å². The Bertz CT molecular complexity index is 965. The van der Waals surface area contributed by atoms with Crippen molar-refractivity contribution in [3.05, 3.63) is 46.5 Å². The highest BCUT2D eigenvalue weighted by Gasteiger charge is 2.35. The van der Waals surface area contributed by atoms with Crippen molar-refractivity contribution in [2.75, 3.05) is 5.32 Å². The van der Waals surface area contributed by atoms with Crippen LogP contribution in [0.3, 0.4) is 0 Å². The third-order valence-corrected chi connectivity index (χ3v) is 4.36. The first-order valence-corrected chi connectivity index (χ1v) is 8.26. The zero-order valence-corrected chi connectivity index (χ0v) is 14.1. The molecule has 122 valence electrons. The number of aryl methyl sites for hydroxylation is 2. The van der Waals surface area contributed by atoms with Crippen LogP contribution in [-0.2, 0) is 11.3 Å². The SMILES string of the molecule is CCCn1cc2c(C3C(=O)Nc4ccc(C)cc43)nc(Cl)nc2n1. The predicted octanol–water partition coefficient (Wildman–Crippen LogP) is 3.28. The van der Waals surface area contributed by atoms with Gasteiger partial charge in [0, 0.05) is 18.4 Å². The minimum absolute atomic E-state index is 0.102. The lowest BCUT2D eigenvalue weighted by molar-refractivity contribution is -0.116. The molecule has 7 heteroatoms. The number of carbonyl (C=O) groups excluding carboxylic acids is 1. The fraction of sp³-hybridized carbons (Fsp3) is 0.294. The molecule has 0 bridgehead atoms. The van der Waals surface area contributed by atoms with E-state index < -0.39 is 5.92 Å². The normalized spacial score (nSPS) is 16.5. The highest BCUT2D eigenvalue weighted by molar-refractivity contribution is 6.28. The van der Waals surface area contributed by atoms with Crippen molar-refractivity contribution in [3.63, 3.8) is 0 Å². The van der Waals surface area contributed by atoms with Gasteiger partial charge in [-0.2, -0.15) is 10.1 Å². The first-order valence-electron chi connectivity index (χ1n) is 7.89. The standard InChI is InChI=1S/C17H16ClN5O/c1-3-6-23-8-11-14(20-17(18)21-15(11)22-23)13-10-7-9(2)4-5-12(10)19-16(13)24/h4-5,7-8,13H,3,6H2,1-2H3,(H,19,24). The molecule has 24 heavy (non-hydrogen) atoms. The molecule has 1 aromatic carbocycles. The van der Waals surface area contributed by atoms with Gasteiger partial charge in [-0.25, -0.2) is 4.98 Å². The number of fused-ring (bicyclic) bond motifs is 2. The summed E-state index contributed by atoms with van der Waals surface area (Å²) in [6.07, 6.45) is 2.85. The maximum absolute atomic E-state index is 12.6. The number of hydrogen-bond donors (Lipinski definition) is 1. The van der Waals surface area contributed by atoms with Crippen molar-refractivity contribution < 1.29 is 4.79 Å². The van der Waals surface area contributed by atoms with Gasteiger partial charge in [-0.3, -0.25) is 9.48 Å². The number of amides is 1. The van der Waals surface area contributed by atoms with E-state index in [0.717, 1.165) is 35.2 Å². The quantitative estimate of drug-likeness (QED) is 0.742. The summed E-state index contributed by atoms with van der Waals surface area (Å²) in [4.78, 5) is 21.2. The van der Waals surface area contributed by atoms with Crippen LogP contribution in [0.1, 0.15) is 36.1 Å². The van der Waals surface area contributed by atoms with Gasteiger partial charge >= 0.3 is 0 Å². The van der Waals surface area contributed by atoms with Gasteiger partial charge in [0.05, 0.1) is 11.1 Å². The van der Waals surface area contributed by atoms with Crippen molar-refractivity contribution in [1.82, 2.24) is 19.7 Å². The molecule has 1 unspecified atom stereocenters. The molecule has 4 rings (SSSR count). The Morgan fingerprint density at radius 3 is 2.96 bits per heavy atom. The summed E-state index contributed by atoms with van der Waals surface area (Å²) in [7, 11) is 0. The fourth-order valence-electron chi connectivity index (χ4n) is 3.16. The second-order valence-corrected chi connectivity index (χ2v) is 6.36. The molecule has 0 fully saturated rings. The third-order valence-electron chi connectivity index (χ3n) is 4.19. The lowest BCUT2D eigenvalue weighted by atomic mass is 9.94. The van der Waals surface area contributed by atoms with E-state index in [-0.39, 0.29) is 11.2 Å². The number of carbonyl (C=O) groups is 1. The van der Waals surface area contributed by atoms with Crippen molar-refractivity contribution in [2.45, 2.75) is 32.7 Å². The molecule has 1 atom stereocenters. The molecule has 0 aliphatic carbocycles. The molecule has 3 heterocycles. The zero-order chi connectivity index (χ0) is 16.8. The third kappa shape index (κ3) is 2.34.